The van der Waals surface area contributed by atoms with Crippen LogP contribution in [0.1, 0.15) is 42.9 Å². The van der Waals surface area contributed by atoms with Crippen molar-refractivity contribution in [1.82, 2.24) is 19.8 Å². The molecule has 6 nitrogen and oxygen atoms in total. The van der Waals surface area contributed by atoms with Gasteiger partial charge in [0.15, 0.2) is 11.5 Å². The number of hydrogen-bond donors (Lipinski definition) is 0. The zero-order valence-electron chi connectivity index (χ0n) is 13.5. The summed E-state index contributed by atoms with van der Waals surface area (Å²) in [5, 5.41) is 8.16. The number of hydrogen-bond acceptors (Lipinski definition) is 4. The van der Waals surface area contributed by atoms with Crippen LogP contribution in [0.25, 0.3) is 11.3 Å². The smallest absolute Gasteiger partial charge is 0.276 e. The Labute approximate surface area is 130 Å². The zero-order valence-corrected chi connectivity index (χ0v) is 13.5. The van der Waals surface area contributed by atoms with Gasteiger partial charge in [0.05, 0.1) is 11.8 Å². The van der Waals surface area contributed by atoms with Crippen LogP contribution in [0.3, 0.4) is 0 Å². The highest BCUT2D eigenvalue weighted by molar-refractivity contribution is 5.93. The monoisotopic (exact) mass is 302 g/mol. The lowest BCUT2D eigenvalue weighted by Gasteiger charge is -2.25. The minimum absolute atomic E-state index is 0.0570. The van der Waals surface area contributed by atoms with E-state index in [-0.39, 0.29) is 11.9 Å². The molecule has 0 spiro atoms. The summed E-state index contributed by atoms with van der Waals surface area (Å²) in [4.78, 5) is 14.6. The molecule has 0 atom stereocenters. The number of amides is 1. The molecule has 0 aromatic carbocycles. The third kappa shape index (κ3) is 2.77. The molecule has 1 aliphatic carbocycles. The molecule has 3 rings (SSSR count). The molecule has 0 bridgehead atoms. The number of aryl methyl sites for hydroxylation is 1. The molecule has 1 amide bonds. The van der Waals surface area contributed by atoms with Crippen molar-refractivity contribution in [2.75, 3.05) is 6.54 Å². The number of carbonyl (C=O) groups is 1. The maximum Gasteiger partial charge on any atom is 0.276 e. The van der Waals surface area contributed by atoms with Crippen molar-refractivity contribution in [1.29, 1.82) is 0 Å². The predicted octanol–water partition coefficient (Wildman–Crippen LogP) is 2.64. The van der Waals surface area contributed by atoms with Gasteiger partial charge < -0.3 is 9.42 Å². The fraction of sp³-hybridized carbons (Fsp3) is 0.562. The molecule has 2 aromatic heterocycles. The molecule has 0 unspecified atom stereocenters. The van der Waals surface area contributed by atoms with Crippen molar-refractivity contribution < 1.29 is 9.32 Å². The van der Waals surface area contributed by atoms with Gasteiger partial charge in [-0.25, -0.2) is 0 Å². The fourth-order valence-electron chi connectivity index (χ4n) is 2.50. The van der Waals surface area contributed by atoms with Gasteiger partial charge in [0.1, 0.15) is 0 Å². The summed E-state index contributed by atoms with van der Waals surface area (Å²) in [6.45, 7) is 6.84. The average molecular weight is 302 g/mol. The first kappa shape index (κ1) is 14.8. The van der Waals surface area contributed by atoms with Crippen LogP contribution >= 0.6 is 0 Å². The molecule has 0 saturated heterocycles. The van der Waals surface area contributed by atoms with E-state index < -0.39 is 0 Å². The molecule has 1 fully saturated rings. The van der Waals surface area contributed by atoms with Crippen LogP contribution in [0, 0.1) is 12.8 Å². The summed E-state index contributed by atoms with van der Waals surface area (Å²) in [5.74, 6) is 1.18. The second-order valence-electron chi connectivity index (χ2n) is 6.34. The van der Waals surface area contributed by atoms with E-state index in [9.17, 15) is 4.79 Å². The van der Waals surface area contributed by atoms with Crippen molar-refractivity contribution in [2.24, 2.45) is 13.0 Å². The van der Waals surface area contributed by atoms with E-state index >= 15 is 0 Å². The summed E-state index contributed by atoms with van der Waals surface area (Å²) in [5.41, 5.74) is 2.22. The van der Waals surface area contributed by atoms with Gasteiger partial charge in [-0.15, -0.1) is 0 Å². The number of carbonyl (C=O) groups excluding carboxylic acids is 1. The van der Waals surface area contributed by atoms with Crippen LogP contribution in [-0.2, 0) is 7.05 Å². The van der Waals surface area contributed by atoms with Crippen molar-refractivity contribution in [2.45, 2.75) is 39.7 Å². The highest BCUT2D eigenvalue weighted by Gasteiger charge is 2.30. The van der Waals surface area contributed by atoms with E-state index in [0.29, 0.717) is 17.4 Å². The molecule has 1 saturated carbocycles. The van der Waals surface area contributed by atoms with Gasteiger partial charge in [0, 0.05) is 31.4 Å². The SMILES string of the molecule is Cc1c(-c2cc(C(=O)N(CC3CC3)C(C)C)no2)cnn1C. The quantitative estimate of drug-likeness (QED) is 0.851. The topological polar surface area (TPSA) is 64.2 Å². The third-order valence-electron chi connectivity index (χ3n) is 4.27. The van der Waals surface area contributed by atoms with Gasteiger partial charge in [-0.3, -0.25) is 9.48 Å². The van der Waals surface area contributed by atoms with Crippen LogP contribution in [0.15, 0.2) is 16.8 Å². The average Bonchev–Trinajstić information content (AvgIpc) is 3.07. The van der Waals surface area contributed by atoms with E-state index in [4.69, 9.17) is 4.52 Å². The van der Waals surface area contributed by atoms with E-state index in [0.717, 1.165) is 17.8 Å². The number of aromatic nitrogens is 3. The highest BCUT2D eigenvalue weighted by atomic mass is 16.5. The first-order valence-electron chi connectivity index (χ1n) is 7.74. The predicted molar refractivity (Wildman–Crippen MR) is 82.3 cm³/mol. The molecule has 0 radical (unpaired) electrons. The molecule has 118 valence electrons. The van der Waals surface area contributed by atoms with Crippen LogP contribution in [0.2, 0.25) is 0 Å². The lowest BCUT2D eigenvalue weighted by Crippen LogP contribution is -2.38. The first-order chi connectivity index (χ1) is 10.5. The highest BCUT2D eigenvalue weighted by Crippen LogP contribution is 2.31. The van der Waals surface area contributed by atoms with Crippen LogP contribution in [0.4, 0.5) is 0 Å². The Morgan fingerprint density at radius 2 is 2.23 bits per heavy atom. The summed E-state index contributed by atoms with van der Waals surface area (Å²) in [6, 6.07) is 1.88. The third-order valence-corrected chi connectivity index (χ3v) is 4.27. The Balaban J connectivity index is 1.82. The number of rotatable bonds is 5. The van der Waals surface area contributed by atoms with Crippen molar-refractivity contribution >= 4 is 5.91 Å². The van der Waals surface area contributed by atoms with Gasteiger partial charge in [0.25, 0.3) is 5.91 Å². The van der Waals surface area contributed by atoms with Gasteiger partial charge in [-0.1, -0.05) is 5.16 Å². The Morgan fingerprint density at radius 3 is 2.77 bits per heavy atom. The molecular weight excluding hydrogens is 280 g/mol. The minimum atomic E-state index is -0.0570. The van der Waals surface area contributed by atoms with Crippen molar-refractivity contribution in [3.63, 3.8) is 0 Å². The maximum atomic E-state index is 12.7. The van der Waals surface area contributed by atoms with E-state index in [1.54, 1.807) is 16.9 Å². The fourth-order valence-corrected chi connectivity index (χ4v) is 2.50. The van der Waals surface area contributed by atoms with Crippen molar-refractivity contribution in [3.8, 4) is 11.3 Å². The van der Waals surface area contributed by atoms with Crippen LogP contribution in [0.5, 0.6) is 0 Å². The number of nitrogens with zero attached hydrogens (tertiary/aromatic N) is 4. The molecular formula is C16H22N4O2. The normalized spacial score (nSPS) is 14.6. The molecule has 6 heteroatoms. The first-order valence-corrected chi connectivity index (χ1v) is 7.74. The van der Waals surface area contributed by atoms with Gasteiger partial charge in [-0.2, -0.15) is 5.10 Å². The molecule has 22 heavy (non-hydrogen) atoms. The Kier molecular flexibility index (Phi) is 3.76. The van der Waals surface area contributed by atoms with E-state index in [2.05, 4.69) is 10.3 Å². The molecule has 0 aliphatic heterocycles. The van der Waals surface area contributed by atoms with E-state index in [1.165, 1.54) is 12.8 Å². The molecule has 0 N–H and O–H groups in total. The molecule has 1 aliphatic rings. The van der Waals surface area contributed by atoms with Crippen LogP contribution < -0.4 is 0 Å². The lowest BCUT2D eigenvalue weighted by atomic mass is 10.2. The van der Waals surface area contributed by atoms with Gasteiger partial charge in [0.2, 0.25) is 0 Å². The Bertz CT molecular complexity index is 682. The minimum Gasteiger partial charge on any atom is -0.355 e. The second-order valence-corrected chi connectivity index (χ2v) is 6.34. The largest absolute Gasteiger partial charge is 0.355 e. The van der Waals surface area contributed by atoms with E-state index in [1.807, 2.05) is 32.7 Å². The standard InChI is InChI=1S/C16H22N4O2/c1-10(2)20(9-12-5-6-12)16(21)14-7-15(22-18-14)13-8-17-19(4)11(13)3/h7-8,10,12H,5-6,9H2,1-4H3. The molecule has 2 heterocycles. The summed E-state index contributed by atoms with van der Waals surface area (Å²) >= 11 is 0. The molecule has 2 aromatic rings. The summed E-state index contributed by atoms with van der Waals surface area (Å²) < 4.78 is 7.14. The van der Waals surface area contributed by atoms with Gasteiger partial charge >= 0.3 is 0 Å². The van der Waals surface area contributed by atoms with Crippen molar-refractivity contribution in [3.05, 3.63) is 23.7 Å². The van der Waals surface area contributed by atoms with Gasteiger partial charge in [-0.05, 0) is 39.5 Å². The summed E-state index contributed by atoms with van der Waals surface area (Å²) in [7, 11) is 1.87. The Morgan fingerprint density at radius 1 is 1.50 bits per heavy atom. The van der Waals surface area contributed by atoms with Crippen LogP contribution in [-0.4, -0.2) is 38.3 Å². The second kappa shape index (κ2) is 5.59. The Hall–Kier alpha value is -2.11. The zero-order chi connectivity index (χ0) is 15.9. The lowest BCUT2D eigenvalue weighted by molar-refractivity contribution is 0.0685. The summed E-state index contributed by atoms with van der Waals surface area (Å²) in [6.07, 6.45) is 4.17. The maximum absolute atomic E-state index is 12.7.